The maximum Gasteiger partial charge on any atom is 0.125 e. The minimum Gasteiger partial charge on any atom is -0.380 e. The predicted octanol–water partition coefficient (Wildman–Crippen LogP) is 4.58. The normalized spacial score (nSPS) is 10.9. The van der Waals surface area contributed by atoms with E-state index < -0.39 is 0 Å². The van der Waals surface area contributed by atoms with Crippen molar-refractivity contribution in [2.24, 2.45) is 7.05 Å². The van der Waals surface area contributed by atoms with Crippen LogP contribution in [-0.2, 0) is 13.6 Å². The van der Waals surface area contributed by atoms with E-state index in [0.717, 1.165) is 5.56 Å². The summed E-state index contributed by atoms with van der Waals surface area (Å²) >= 11 is 6.05. The van der Waals surface area contributed by atoms with Gasteiger partial charge in [0.25, 0.3) is 0 Å². The molecule has 0 saturated heterocycles. The van der Waals surface area contributed by atoms with Crippen molar-refractivity contribution in [2.75, 3.05) is 5.32 Å². The smallest absolute Gasteiger partial charge is 0.125 e. The lowest BCUT2D eigenvalue weighted by Gasteiger charge is -2.07. The van der Waals surface area contributed by atoms with Crippen molar-refractivity contribution >= 4 is 28.2 Å². The topological polar surface area (TPSA) is 17.0 Å². The number of aromatic nitrogens is 1. The van der Waals surface area contributed by atoms with E-state index in [9.17, 15) is 4.39 Å². The molecule has 0 atom stereocenters. The third kappa shape index (κ3) is 2.37. The molecule has 2 aromatic carbocycles. The van der Waals surface area contributed by atoms with Crippen LogP contribution in [0.3, 0.4) is 0 Å². The molecule has 0 aliphatic carbocycles. The lowest BCUT2D eigenvalue weighted by atomic mass is 10.2. The predicted molar refractivity (Wildman–Crippen MR) is 81.7 cm³/mol. The van der Waals surface area contributed by atoms with Gasteiger partial charge in [-0.05, 0) is 29.8 Å². The number of hydrogen-bond donors (Lipinski definition) is 1. The molecule has 0 amide bonds. The first kappa shape index (κ1) is 13.0. The third-order valence-electron chi connectivity index (χ3n) is 3.38. The van der Waals surface area contributed by atoms with Gasteiger partial charge in [0.2, 0.25) is 0 Å². The van der Waals surface area contributed by atoms with E-state index in [1.54, 1.807) is 6.07 Å². The van der Waals surface area contributed by atoms with E-state index in [0.29, 0.717) is 17.3 Å². The Kier molecular flexibility index (Phi) is 3.36. The molecule has 0 spiro atoms. The molecule has 1 aromatic heterocycles. The van der Waals surface area contributed by atoms with Gasteiger partial charge in [-0.25, -0.2) is 4.39 Å². The van der Waals surface area contributed by atoms with E-state index in [1.807, 2.05) is 19.2 Å². The van der Waals surface area contributed by atoms with Crippen LogP contribution in [0.5, 0.6) is 0 Å². The van der Waals surface area contributed by atoms with Crippen molar-refractivity contribution in [2.45, 2.75) is 6.54 Å². The standard InChI is InChI=1S/C16H14ClFN2/c1-20-10-11(13-4-2-3-5-16(13)20)9-19-15-8-12(18)6-7-14(15)17/h2-8,10,19H,9H2,1H3. The zero-order chi connectivity index (χ0) is 14.1. The molecular formula is C16H14ClFN2. The molecule has 20 heavy (non-hydrogen) atoms. The van der Waals surface area contributed by atoms with Gasteiger partial charge in [0.15, 0.2) is 0 Å². The quantitative estimate of drug-likeness (QED) is 0.746. The molecule has 0 fully saturated rings. The fraction of sp³-hybridized carbons (Fsp3) is 0.125. The van der Waals surface area contributed by atoms with Crippen LogP contribution >= 0.6 is 11.6 Å². The SMILES string of the molecule is Cn1cc(CNc2cc(F)ccc2Cl)c2ccccc21. The second-order valence-electron chi connectivity index (χ2n) is 4.76. The first-order valence-corrected chi connectivity index (χ1v) is 6.75. The lowest BCUT2D eigenvalue weighted by Crippen LogP contribution is -1.99. The number of nitrogens with zero attached hydrogens (tertiary/aromatic N) is 1. The fourth-order valence-electron chi connectivity index (χ4n) is 2.39. The van der Waals surface area contributed by atoms with Gasteiger partial charge in [0.05, 0.1) is 10.7 Å². The number of nitrogens with one attached hydrogen (secondary N) is 1. The van der Waals surface area contributed by atoms with Gasteiger partial charge >= 0.3 is 0 Å². The summed E-state index contributed by atoms with van der Waals surface area (Å²) in [6, 6.07) is 12.5. The Morgan fingerprint density at radius 3 is 2.85 bits per heavy atom. The molecule has 2 nitrogen and oxygen atoms in total. The van der Waals surface area contributed by atoms with E-state index in [1.165, 1.54) is 23.0 Å². The fourth-order valence-corrected chi connectivity index (χ4v) is 2.57. The van der Waals surface area contributed by atoms with Gasteiger partial charge in [0.1, 0.15) is 5.82 Å². The van der Waals surface area contributed by atoms with Crippen LogP contribution in [0.1, 0.15) is 5.56 Å². The third-order valence-corrected chi connectivity index (χ3v) is 3.71. The molecule has 0 bridgehead atoms. The maximum absolute atomic E-state index is 13.2. The molecule has 0 aliphatic rings. The number of fused-ring (bicyclic) bond motifs is 1. The maximum atomic E-state index is 13.2. The molecule has 102 valence electrons. The van der Waals surface area contributed by atoms with Crippen LogP contribution < -0.4 is 5.32 Å². The Morgan fingerprint density at radius 2 is 2.00 bits per heavy atom. The van der Waals surface area contributed by atoms with E-state index in [2.05, 4.69) is 28.2 Å². The molecule has 0 aliphatic heterocycles. The van der Waals surface area contributed by atoms with Crippen molar-refractivity contribution in [1.82, 2.24) is 4.57 Å². The van der Waals surface area contributed by atoms with Crippen LogP contribution in [0.25, 0.3) is 10.9 Å². The Morgan fingerprint density at radius 1 is 1.20 bits per heavy atom. The zero-order valence-electron chi connectivity index (χ0n) is 11.0. The molecular weight excluding hydrogens is 275 g/mol. The number of para-hydroxylation sites is 1. The van der Waals surface area contributed by atoms with Crippen molar-refractivity contribution in [3.63, 3.8) is 0 Å². The highest BCUT2D eigenvalue weighted by molar-refractivity contribution is 6.33. The van der Waals surface area contributed by atoms with Gasteiger partial charge < -0.3 is 9.88 Å². The molecule has 0 saturated carbocycles. The molecule has 0 radical (unpaired) electrons. The highest BCUT2D eigenvalue weighted by atomic mass is 35.5. The number of anilines is 1. The summed E-state index contributed by atoms with van der Waals surface area (Å²) in [6.07, 6.45) is 2.07. The summed E-state index contributed by atoms with van der Waals surface area (Å²) < 4.78 is 15.3. The molecule has 1 N–H and O–H groups in total. The van der Waals surface area contributed by atoms with Crippen molar-refractivity contribution < 1.29 is 4.39 Å². The summed E-state index contributed by atoms with van der Waals surface area (Å²) in [6.45, 7) is 0.602. The van der Waals surface area contributed by atoms with Crippen molar-refractivity contribution in [3.8, 4) is 0 Å². The Bertz CT molecular complexity index is 764. The van der Waals surface area contributed by atoms with Crippen LogP contribution in [-0.4, -0.2) is 4.57 Å². The molecule has 1 heterocycles. The van der Waals surface area contributed by atoms with E-state index >= 15 is 0 Å². The monoisotopic (exact) mass is 288 g/mol. The Hall–Kier alpha value is -2.00. The summed E-state index contributed by atoms with van der Waals surface area (Å²) in [5.74, 6) is -0.296. The van der Waals surface area contributed by atoms with E-state index in [-0.39, 0.29) is 5.82 Å². The van der Waals surface area contributed by atoms with Gasteiger partial charge in [0, 0.05) is 30.7 Å². The average molecular weight is 289 g/mol. The first-order valence-electron chi connectivity index (χ1n) is 6.37. The Labute approximate surface area is 121 Å². The minimum atomic E-state index is -0.296. The minimum absolute atomic E-state index is 0.296. The van der Waals surface area contributed by atoms with Gasteiger partial charge in [-0.1, -0.05) is 29.8 Å². The largest absolute Gasteiger partial charge is 0.380 e. The summed E-state index contributed by atoms with van der Waals surface area (Å²) in [5, 5.41) is 4.90. The number of rotatable bonds is 3. The summed E-state index contributed by atoms with van der Waals surface area (Å²) in [4.78, 5) is 0. The lowest BCUT2D eigenvalue weighted by molar-refractivity contribution is 0.628. The first-order chi connectivity index (χ1) is 9.65. The summed E-state index contributed by atoms with van der Waals surface area (Å²) in [7, 11) is 2.01. The zero-order valence-corrected chi connectivity index (χ0v) is 11.8. The number of benzene rings is 2. The number of hydrogen-bond acceptors (Lipinski definition) is 1. The van der Waals surface area contributed by atoms with E-state index in [4.69, 9.17) is 11.6 Å². The van der Waals surface area contributed by atoms with Gasteiger partial charge in [-0.15, -0.1) is 0 Å². The number of aryl methyl sites for hydroxylation is 1. The molecule has 4 heteroatoms. The molecule has 3 rings (SSSR count). The van der Waals surface area contributed by atoms with Crippen LogP contribution in [0.2, 0.25) is 5.02 Å². The van der Waals surface area contributed by atoms with Crippen LogP contribution in [0, 0.1) is 5.82 Å². The molecule has 3 aromatic rings. The second-order valence-corrected chi connectivity index (χ2v) is 5.17. The molecule has 0 unspecified atom stereocenters. The highest BCUT2D eigenvalue weighted by Crippen LogP contribution is 2.25. The average Bonchev–Trinajstić information content (AvgIpc) is 2.77. The Balaban J connectivity index is 1.89. The van der Waals surface area contributed by atoms with Gasteiger partial charge in [-0.3, -0.25) is 0 Å². The van der Waals surface area contributed by atoms with Crippen molar-refractivity contribution in [3.05, 3.63) is 65.1 Å². The van der Waals surface area contributed by atoms with Gasteiger partial charge in [-0.2, -0.15) is 0 Å². The van der Waals surface area contributed by atoms with Crippen molar-refractivity contribution in [1.29, 1.82) is 0 Å². The summed E-state index contributed by atoms with van der Waals surface area (Å²) in [5.41, 5.74) is 2.94. The second kappa shape index (κ2) is 5.17. The van der Waals surface area contributed by atoms with Crippen LogP contribution in [0.15, 0.2) is 48.7 Å². The number of halogens is 2. The van der Waals surface area contributed by atoms with Crippen LogP contribution in [0.4, 0.5) is 10.1 Å². The highest BCUT2D eigenvalue weighted by Gasteiger charge is 2.07.